The zero-order valence-corrected chi connectivity index (χ0v) is 11.9. The number of pyridine rings is 1. The lowest BCUT2D eigenvalue weighted by Crippen LogP contribution is -2.03. The highest BCUT2D eigenvalue weighted by atomic mass is 35.5. The third-order valence-corrected chi connectivity index (χ3v) is 3.56. The first-order valence-corrected chi connectivity index (χ1v) is 6.62. The number of carbonyl (C=O) groups is 1. The van der Waals surface area contributed by atoms with E-state index in [0.29, 0.717) is 27.6 Å². The van der Waals surface area contributed by atoms with Gasteiger partial charge in [0.1, 0.15) is 11.3 Å². The molecule has 3 aromatic rings. The van der Waals surface area contributed by atoms with Gasteiger partial charge < -0.3 is 10.8 Å². The van der Waals surface area contributed by atoms with Crippen molar-refractivity contribution in [2.75, 3.05) is 5.73 Å². The number of aryl methyl sites for hydroxylation is 1. The van der Waals surface area contributed by atoms with E-state index in [9.17, 15) is 9.90 Å². The predicted octanol–water partition coefficient (Wildman–Crippen LogP) is 3.24. The van der Waals surface area contributed by atoms with E-state index in [1.165, 1.54) is 10.6 Å². The summed E-state index contributed by atoms with van der Waals surface area (Å²) in [5.41, 5.74) is 9.05. The maximum atomic E-state index is 11.6. The van der Waals surface area contributed by atoms with E-state index in [1.54, 1.807) is 18.2 Å². The molecule has 3 rings (SSSR count). The molecule has 0 fully saturated rings. The number of hydrogen-bond acceptors (Lipinski definition) is 3. The molecule has 0 atom stereocenters. The molecule has 0 aliphatic heterocycles. The Balaban J connectivity index is 2.33. The number of rotatable bonds is 2. The van der Waals surface area contributed by atoms with Crippen LogP contribution >= 0.6 is 11.6 Å². The average molecular weight is 302 g/mol. The number of anilines is 1. The first-order chi connectivity index (χ1) is 9.97. The van der Waals surface area contributed by atoms with Crippen molar-refractivity contribution in [2.24, 2.45) is 0 Å². The molecule has 2 aromatic heterocycles. The van der Waals surface area contributed by atoms with Gasteiger partial charge in [0.05, 0.1) is 5.02 Å². The van der Waals surface area contributed by atoms with Gasteiger partial charge in [-0.1, -0.05) is 23.7 Å². The molecule has 0 aliphatic carbocycles. The van der Waals surface area contributed by atoms with E-state index in [4.69, 9.17) is 17.3 Å². The number of carboxylic acids is 1. The molecule has 0 aliphatic rings. The Labute approximate surface area is 125 Å². The van der Waals surface area contributed by atoms with Gasteiger partial charge in [-0.25, -0.2) is 9.78 Å². The second kappa shape index (κ2) is 4.79. The minimum atomic E-state index is -1.07. The standard InChI is InChI=1S/C15H12ClN3O2/c1-8-2-3-9(6-11(8)17)13-14(15(20)21)19-7-10(16)4-5-12(19)18-13/h2-7H,17H2,1H3,(H,20,21). The molecule has 0 unspecified atom stereocenters. The minimum Gasteiger partial charge on any atom is -0.476 e. The van der Waals surface area contributed by atoms with Crippen LogP contribution in [-0.2, 0) is 0 Å². The van der Waals surface area contributed by atoms with Crippen molar-refractivity contribution in [3.63, 3.8) is 0 Å². The van der Waals surface area contributed by atoms with Crippen molar-refractivity contribution in [3.8, 4) is 11.3 Å². The van der Waals surface area contributed by atoms with Crippen molar-refractivity contribution >= 4 is 28.9 Å². The highest BCUT2D eigenvalue weighted by Crippen LogP contribution is 2.28. The maximum Gasteiger partial charge on any atom is 0.355 e. The summed E-state index contributed by atoms with van der Waals surface area (Å²) in [6, 6.07) is 8.72. The molecule has 0 spiro atoms. The highest BCUT2D eigenvalue weighted by molar-refractivity contribution is 6.30. The van der Waals surface area contributed by atoms with Gasteiger partial charge in [0.25, 0.3) is 0 Å². The fraction of sp³-hybridized carbons (Fsp3) is 0.0667. The van der Waals surface area contributed by atoms with E-state index < -0.39 is 5.97 Å². The summed E-state index contributed by atoms with van der Waals surface area (Å²) in [5.74, 6) is -1.07. The van der Waals surface area contributed by atoms with Crippen molar-refractivity contribution in [1.29, 1.82) is 0 Å². The molecule has 0 bridgehead atoms. The Bertz CT molecular complexity index is 871. The van der Waals surface area contributed by atoms with Gasteiger partial charge in [-0.3, -0.25) is 4.40 Å². The number of nitrogens with zero attached hydrogens (tertiary/aromatic N) is 2. The first kappa shape index (κ1) is 13.5. The summed E-state index contributed by atoms with van der Waals surface area (Å²) in [7, 11) is 0. The van der Waals surface area contributed by atoms with Crippen LogP contribution < -0.4 is 5.73 Å². The van der Waals surface area contributed by atoms with Crippen LogP contribution in [0.1, 0.15) is 16.1 Å². The maximum absolute atomic E-state index is 11.6. The minimum absolute atomic E-state index is 0.0655. The number of fused-ring (bicyclic) bond motifs is 1. The molecule has 0 radical (unpaired) electrons. The van der Waals surface area contributed by atoms with Crippen LogP contribution in [0.4, 0.5) is 5.69 Å². The van der Waals surface area contributed by atoms with Gasteiger partial charge in [-0.2, -0.15) is 0 Å². The van der Waals surface area contributed by atoms with Gasteiger partial charge in [-0.05, 0) is 30.7 Å². The summed E-state index contributed by atoms with van der Waals surface area (Å²) in [6.07, 6.45) is 1.54. The van der Waals surface area contributed by atoms with E-state index >= 15 is 0 Å². The topological polar surface area (TPSA) is 80.6 Å². The smallest absolute Gasteiger partial charge is 0.355 e. The third kappa shape index (κ3) is 2.21. The molecular formula is C15H12ClN3O2. The van der Waals surface area contributed by atoms with Crippen LogP contribution in [0.15, 0.2) is 36.5 Å². The number of hydrogen-bond donors (Lipinski definition) is 2. The number of carboxylic acid groups (broad SMARTS) is 1. The summed E-state index contributed by atoms with van der Waals surface area (Å²) >= 11 is 5.94. The Hall–Kier alpha value is -2.53. The summed E-state index contributed by atoms with van der Waals surface area (Å²) in [6.45, 7) is 1.89. The van der Waals surface area contributed by atoms with Crippen molar-refractivity contribution in [1.82, 2.24) is 9.38 Å². The quantitative estimate of drug-likeness (QED) is 0.712. The molecule has 6 heteroatoms. The second-order valence-corrected chi connectivity index (χ2v) is 5.20. The SMILES string of the molecule is Cc1ccc(-c2nc3ccc(Cl)cn3c2C(=O)O)cc1N. The molecule has 5 nitrogen and oxygen atoms in total. The molecule has 106 valence electrons. The van der Waals surface area contributed by atoms with Crippen LogP contribution in [0.5, 0.6) is 0 Å². The molecule has 0 amide bonds. The van der Waals surface area contributed by atoms with E-state index in [2.05, 4.69) is 4.98 Å². The molecule has 2 heterocycles. The largest absolute Gasteiger partial charge is 0.476 e. The molecule has 0 saturated carbocycles. The van der Waals surface area contributed by atoms with Gasteiger partial charge in [-0.15, -0.1) is 0 Å². The van der Waals surface area contributed by atoms with Crippen LogP contribution in [0.3, 0.4) is 0 Å². The molecule has 0 saturated heterocycles. The molecule has 3 N–H and O–H groups in total. The normalized spacial score (nSPS) is 11.0. The van der Waals surface area contributed by atoms with Crippen molar-refractivity contribution in [3.05, 3.63) is 52.8 Å². The number of halogens is 1. The van der Waals surface area contributed by atoms with E-state index in [-0.39, 0.29) is 5.69 Å². The summed E-state index contributed by atoms with van der Waals surface area (Å²) < 4.78 is 1.47. The van der Waals surface area contributed by atoms with Crippen molar-refractivity contribution in [2.45, 2.75) is 6.92 Å². The average Bonchev–Trinajstić information content (AvgIpc) is 2.80. The van der Waals surface area contributed by atoms with Crippen LogP contribution in [0, 0.1) is 6.92 Å². The van der Waals surface area contributed by atoms with E-state index in [0.717, 1.165) is 5.56 Å². The number of imidazole rings is 1. The van der Waals surface area contributed by atoms with Crippen LogP contribution in [0.25, 0.3) is 16.9 Å². The van der Waals surface area contributed by atoms with Crippen molar-refractivity contribution < 1.29 is 9.90 Å². The molecule has 1 aromatic carbocycles. The van der Waals surface area contributed by atoms with Gasteiger partial charge in [0, 0.05) is 17.4 Å². The Morgan fingerprint density at radius 1 is 1.33 bits per heavy atom. The number of nitrogen functional groups attached to an aromatic ring is 1. The summed E-state index contributed by atoms with van der Waals surface area (Å²) in [4.78, 5) is 16.0. The third-order valence-electron chi connectivity index (χ3n) is 3.34. The highest BCUT2D eigenvalue weighted by Gasteiger charge is 2.20. The van der Waals surface area contributed by atoms with Gasteiger partial charge in [0.15, 0.2) is 5.69 Å². The Morgan fingerprint density at radius 2 is 2.10 bits per heavy atom. The lowest BCUT2D eigenvalue weighted by Gasteiger charge is -2.04. The number of aromatic nitrogens is 2. The lowest BCUT2D eigenvalue weighted by atomic mass is 10.1. The number of aromatic carboxylic acids is 1. The van der Waals surface area contributed by atoms with Gasteiger partial charge in [0.2, 0.25) is 0 Å². The molecule has 21 heavy (non-hydrogen) atoms. The van der Waals surface area contributed by atoms with Crippen LogP contribution in [-0.4, -0.2) is 20.5 Å². The Morgan fingerprint density at radius 3 is 2.76 bits per heavy atom. The number of nitrogens with two attached hydrogens (primary N) is 1. The number of benzene rings is 1. The monoisotopic (exact) mass is 301 g/mol. The lowest BCUT2D eigenvalue weighted by molar-refractivity contribution is 0.0690. The zero-order valence-electron chi connectivity index (χ0n) is 11.2. The summed E-state index contributed by atoms with van der Waals surface area (Å²) in [5, 5.41) is 9.94. The zero-order chi connectivity index (χ0) is 15.1. The predicted molar refractivity (Wildman–Crippen MR) is 81.7 cm³/mol. The second-order valence-electron chi connectivity index (χ2n) is 4.76. The van der Waals surface area contributed by atoms with E-state index in [1.807, 2.05) is 19.1 Å². The Kier molecular flexibility index (Phi) is 3.07. The van der Waals surface area contributed by atoms with Gasteiger partial charge >= 0.3 is 5.97 Å². The molecular weight excluding hydrogens is 290 g/mol. The fourth-order valence-electron chi connectivity index (χ4n) is 2.21. The first-order valence-electron chi connectivity index (χ1n) is 6.25. The van der Waals surface area contributed by atoms with Crippen LogP contribution in [0.2, 0.25) is 5.02 Å². The fourth-order valence-corrected chi connectivity index (χ4v) is 2.37.